The van der Waals surface area contributed by atoms with Gasteiger partial charge in [0.2, 0.25) is 5.91 Å². The first-order valence-electron chi connectivity index (χ1n) is 14.6. The number of ether oxygens (including phenoxy) is 3. The molecule has 1 aliphatic carbocycles. The van der Waals surface area contributed by atoms with Crippen molar-refractivity contribution >= 4 is 29.9 Å². The minimum atomic E-state index is -0.782. The molecule has 1 unspecified atom stereocenters. The van der Waals surface area contributed by atoms with Crippen molar-refractivity contribution in [2.24, 2.45) is 0 Å². The summed E-state index contributed by atoms with van der Waals surface area (Å²) in [7, 11) is 3.72. The van der Waals surface area contributed by atoms with E-state index in [1.165, 1.54) is 0 Å². The quantitative estimate of drug-likeness (QED) is 0.306. The van der Waals surface area contributed by atoms with E-state index >= 15 is 0 Å². The van der Waals surface area contributed by atoms with Crippen molar-refractivity contribution in [1.29, 1.82) is 0 Å². The molecule has 2 aliphatic rings. The molecule has 43 heavy (non-hydrogen) atoms. The predicted octanol–water partition coefficient (Wildman–Crippen LogP) is 3.86. The first kappa shape index (κ1) is 32.1. The number of carbonyl (C=O) groups is 3. The number of nitrogens with zero attached hydrogens (tertiary/aromatic N) is 4. The van der Waals surface area contributed by atoms with E-state index in [0.29, 0.717) is 45.0 Å². The number of anilines is 1. The van der Waals surface area contributed by atoms with Crippen LogP contribution in [0.5, 0.6) is 0 Å². The fourth-order valence-electron chi connectivity index (χ4n) is 5.10. The molecule has 1 atom stereocenters. The van der Waals surface area contributed by atoms with E-state index in [0.717, 1.165) is 28.8 Å². The van der Waals surface area contributed by atoms with Crippen LogP contribution in [0, 0.1) is 0 Å². The number of pyridine rings is 2. The molecule has 1 spiro atoms. The molecule has 0 bridgehead atoms. The summed E-state index contributed by atoms with van der Waals surface area (Å²) in [5.41, 5.74) is 2.54. The van der Waals surface area contributed by atoms with Crippen molar-refractivity contribution < 1.29 is 28.6 Å². The second-order valence-corrected chi connectivity index (χ2v) is 12.5. The van der Waals surface area contributed by atoms with E-state index in [-0.39, 0.29) is 23.8 Å². The van der Waals surface area contributed by atoms with E-state index < -0.39 is 17.0 Å². The maximum absolute atomic E-state index is 13.2. The fourth-order valence-corrected chi connectivity index (χ4v) is 5.10. The van der Waals surface area contributed by atoms with Crippen LogP contribution in [0.3, 0.4) is 0 Å². The molecule has 0 saturated carbocycles. The Balaban J connectivity index is 1.28. The van der Waals surface area contributed by atoms with E-state index in [1.54, 1.807) is 44.3 Å². The summed E-state index contributed by atoms with van der Waals surface area (Å²) < 4.78 is 16.5. The summed E-state index contributed by atoms with van der Waals surface area (Å²) in [6.07, 6.45) is 7.66. The second-order valence-electron chi connectivity index (χ2n) is 12.5. The van der Waals surface area contributed by atoms with Crippen LogP contribution in [-0.2, 0) is 37.3 Å². The minimum absolute atomic E-state index is 0.0941. The van der Waals surface area contributed by atoms with E-state index in [4.69, 9.17) is 14.2 Å². The van der Waals surface area contributed by atoms with Gasteiger partial charge in [-0.2, -0.15) is 0 Å². The van der Waals surface area contributed by atoms with Crippen molar-refractivity contribution in [3.63, 3.8) is 0 Å². The van der Waals surface area contributed by atoms with Gasteiger partial charge in [-0.05, 0) is 83.3 Å². The van der Waals surface area contributed by atoms with Gasteiger partial charge in [0.1, 0.15) is 17.1 Å². The topological polar surface area (TPSA) is 123 Å². The van der Waals surface area contributed by atoms with E-state index in [1.807, 2.05) is 46.0 Å². The molecule has 11 heteroatoms. The van der Waals surface area contributed by atoms with Crippen molar-refractivity contribution in [3.05, 3.63) is 58.6 Å². The molecule has 232 valence electrons. The Kier molecular flexibility index (Phi) is 9.86. The first-order valence-corrected chi connectivity index (χ1v) is 14.6. The summed E-state index contributed by atoms with van der Waals surface area (Å²) in [6, 6.07) is 3.74. The highest BCUT2D eigenvalue weighted by molar-refractivity contribution is 6.06. The first-order chi connectivity index (χ1) is 20.3. The molecule has 3 heterocycles. The number of esters is 1. The van der Waals surface area contributed by atoms with Gasteiger partial charge < -0.3 is 29.3 Å². The zero-order valence-corrected chi connectivity index (χ0v) is 26.2. The number of carbonyl (C=O) groups excluding carboxylic acids is 3. The summed E-state index contributed by atoms with van der Waals surface area (Å²) in [6.45, 7) is 12.1. The average Bonchev–Trinajstić information content (AvgIpc) is 3.44. The zero-order valence-electron chi connectivity index (χ0n) is 26.2. The Morgan fingerprint density at radius 1 is 1.07 bits per heavy atom. The van der Waals surface area contributed by atoms with Crippen LogP contribution < -0.4 is 5.32 Å². The maximum Gasteiger partial charge on any atom is 0.410 e. The molecule has 0 radical (unpaired) electrons. The lowest BCUT2D eigenvalue weighted by Crippen LogP contribution is -2.39. The zero-order chi connectivity index (χ0) is 31.4. The fraction of sp³-hybridized carbons (Fsp3) is 0.531. The molecule has 0 fully saturated rings. The number of likely N-dealkylation sites (N-methyl/N-ethyl adjacent to an activating group) is 2. The largest absolute Gasteiger partial charge is 0.458 e. The molecular weight excluding hydrogens is 550 g/mol. The van der Waals surface area contributed by atoms with E-state index in [9.17, 15) is 14.4 Å². The monoisotopic (exact) mass is 593 g/mol. The Hall–Kier alpha value is -3.83. The van der Waals surface area contributed by atoms with Crippen molar-refractivity contribution in [3.8, 4) is 0 Å². The van der Waals surface area contributed by atoms with Crippen LogP contribution in [0.15, 0.2) is 30.6 Å². The Morgan fingerprint density at radius 3 is 2.53 bits per heavy atom. The average molecular weight is 594 g/mol. The SMILES string of the molecule is CC(C)OC(=O)c1cc2c(cn1)CC1(C2)C(=O)Nc2ncc(C=CCOCCN(C)CCN(C)C(=O)OC(C)(C)C)cc21. The summed E-state index contributed by atoms with van der Waals surface area (Å²) in [5.74, 6) is 0.00566. The summed E-state index contributed by atoms with van der Waals surface area (Å²) >= 11 is 0. The number of nitrogens with one attached hydrogen (secondary N) is 1. The Morgan fingerprint density at radius 2 is 1.81 bits per heavy atom. The maximum atomic E-state index is 13.2. The molecule has 11 nitrogen and oxygen atoms in total. The number of amides is 2. The highest BCUT2D eigenvalue weighted by atomic mass is 16.6. The standard InChI is InChI=1S/C32H43N5O6/c1-21(2)42-28(38)26-16-23-17-32(18-24(23)20-33-26)25-15-22(19-34-27(25)35-29(32)39)9-8-13-41-14-12-36(6)10-11-37(7)30(40)43-31(3,4)5/h8-9,15-16,19-21H,10-14,17-18H2,1-7H3,(H,34,35,39). The van der Waals surface area contributed by atoms with Crippen LogP contribution in [-0.4, -0.2) is 96.4 Å². The van der Waals surface area contributed by atoms with Gasteiger partial charge in [-0.15, -0.1) is 0 Å². The van der Waals surface area contributed by atoms with Crippen LogP contribution >= 0.6 is 0 Å². The minimum Gasteiger partial charge on any atom is -0.458 e. The molecule has 0 saturated heterocycles. The molecule has 1 aliphatic heterocycles. The van der Waals surface area contributed by atoms with Crippen LogP contribution in [0.1, 0.15) is 67.4 Å². The summed E-state index contributed by atoms with van der Waals surface area (Å²) in [5, 5.41) is 2.94. The smallest absolute Gasteiger partial charge is 0.410 e. The molecule has 4 rings (SSSR count). The van der Waals surface area contributed by atoms with Gasteiger partial charge >= 0.3 is 12.1 Å². The lowest BCUT2D eigenvalue weighted by Gasteiger charge is -2.26. The molecule has 1 N–H and O–H groups in total. The van der Waals surface area contributed by atoms with Crippen molar-refractivity contribution in [1.82, 2.24) is 19.8 Å². The Bertz CT molecular complexity index is 1380. The third-order valence-corrected chi connectivity index (χ3v) is 7.37. The number of aromatic nitrogens is 2. The number of rotatable bonds is 11. The van der Waals surface area contributed by atoms with Gasteiger partial charge in [0, 0.05) is 44.6 Å². The van der Waals surface area contributed by atoms with Gasteiger partial charge in [-0.1, -0.05) is 12.2 Å². The molecule has 2 aromatic rings. The van der Waals surface area contributed by atoms with E-state index in [2.05, 4.69) is 20.2 Å². The second kappa shape index (κ2) is 13.2. The lowest BCUT2D eigenvalue weighted by molar-refractivity contribution is -0.120. The van der Waals surface area contributed by atoms with Gasteiger partial charge in [-0.25, -0.2) is 19.6 Å². The highest BCUT2D eigenvalue weighted by Gasteiger charge is 2.51. The normalized spacial score (nSPS) is 17.5. The number of hydrogen-bond donors (Lipinski definition) is 1. The van der Waals surface area contributed by atoms with Gasteiger partial charge in [0.05, 0.1) is 24.7 Å². The molecular formula is C32H43N5O6. The number of hydrogen-bond acceptors (Lipinski definition) is 9. The van der Waals surface area contributed by atoms with Crippen LogP contribution in [0.4, 0.5) is 10.6 Å². The molecule has 0 aromatic carbocycles. The van der Waals surface area contributed by atoms with Crippen LogP contribution in [0.25, 0.3) is 6.08 Å². The molecule has 2 amide bonds. The third-order valence-electron chi connectivity index (χ3n) is 7.37. The van der Waals surface area contributed by atoms with Crippen molar-refractivity contribution in [2.75, 3.05) is 52.3 Å². The Labute approximate surface area is 253 Å². The summed E-state index contributed by atoms with van der Waals surface area (Å²) in [4.78, 5) is 50.2. The van der Waals surface area contributed by atoms with Gasteiger partial charge in [0.25, 0.3) is 0 Å². The van der Waals surface area contributed by atoms with Gasteiger partial charge in [0.15, 0.2) is 0 Å². The van der Waals surface area contributed by atoms with Gasteiger partial charge in [-0.3, -0.25) is 4.79 Å². The highest BCUT2D eigenvalue weighted by Crippen LogP contribution is 2.46. The van der Waals surface area contributed by atoms with Crippen molar-refractivity contribution in [2.45, 2.75) is 64.6 Å². The predicted molar refractivity (Wildman–Crippen MR) is 163 cm³/mol. The van der Waals surface area contributed by atoms with Crippen LogP contribution in [0.2, 0.25) is 0 Å². The lowest BCUT2D eigenvalue weighted by atomic mass is 9.79. The third kappa shape index (κ3) is 7.97. The molecule has 2 aromatic heterocycles. The number of fused-ring (bicyclic) bond motifs is 3.